The molecule has 0 spiro atoms. The summed E-state index contributed by atoms with van der Waals surface area (Å²) in [5.74, 6) is -0.921. The summed E-state index contributed by atoms with van der Waals surface area (Å²) in [6.07, 6.45) is 0.551. The zero-order chi connectivity index (χ0) is 12.1. The molecule has 0 radical (unpaired) electrons. The summed E-state index contributed by atoms with van der Waals surface area (Å²) in [7, 11) is 0. The number of aliphatic hydroxyl groups excluding tert-OH is 1. The molecule has 0 saturated heterocycles. The Morgan fingerprint density at radius 1 is 1.44 bits per heavy atom. The van der Waals surface area contributed by atoms with Crippen LogP contribution in [0, 0.1) is 11.3 Å². The van der Waals surface area contributed by atoms with E-state index in [9.17, 15) is 4.79 Å². The largest absolute Gasteiger partial charge is 0.481 e. The molecule has 1 aromatic rings. The molecule has 0 unspecified atom stereocenters. The number of aryl methyl sites for hydroxylation is 1. The molecule has 2 N–H and O–H groups in total. The van der Waals surface area contributed by atoms with E-state index in [2.05, 4.69) is 0 Å². The van der Waals surface area contributed by atoms with Crippen LogP contribution < -0.4 is 0 Å². The highest BCUT2D eigenvalue weighted by Gasteiger charge is 2.10. The summed E-state index contributed by atoms with van der Waals surface area (Å²) >= 11 is 0. The predicted molar refractivity (Wildman–Crippen MR) is 57.8 cm³/mol. The number of aliphatic hydroxyl groups is 1. The van der Waals surface area contributed by atoms with E-state index in [4.69, 9.17) is 15.5 Å². The lowest BCUT2D eigenvalue weighted by atomic mass is 9.96. The van der Waals surface area contributed by atoms with E-state index in [1.165, 1.54) is 0 Å². The van der Waals surface area contributed by atoms with Gasteiger partial charge in [0.15, 0.2) is 0 Å². The summed E-state index contributed by atoms with van der Waals surface area (Å²) in [5, 5.41) is 26.8. The van der Waals surface area contributed by atoms with E-state index in [-0.39, 0.29) is 13.0 Å². The number of carboxylic acid groups (broad SMARTS) is 1. The van der Waals surface area contributed by atoms with E-state index >= 15 is 0 Å². The van der Waals surface area contributed by atoms with Gasteiger partial charge < -0.3 is 10.2 Å². The maximum absolute atomic E-state index is 10.6. The maximum atomic E-state index is 10.6. The molecule has 0 heterocycles. The molecule has 4 heteroatoms. The van der Waals surface area contributed by atoms with Gasteiger partial charge in [0, 0.05) is 0 Å². The van der Waals surface area contributed by atoms with Crippen LogP contribution in [0.3, 0.4) is 0 Å². The Hall–Kier alpha value is -1.86. The lowest BCUT2D eigenvalue weighted by Gasteiger charge is -2.09. The summed E-state index contributed by atoms with van der Waals surface area (Å²) in [4.78, 5) is 10.6. The Morgan fingerprint density at radius 3 is 2.50 bits per heavy atom. The minimum absolute atomic E-state index is 0.0916. The van der Waals surface area contributed by atoms with Crippen molar-refractivity contribution < 1.29 is 15.0 Å². The number of hydrogen-bond donors (Lipinski definition) is 2. The third-order valence-electron chi connectivity index (χ3n) is 2.38. The fourth-order valence-corrected chi connectivity index (χ4v) is 1.66. The average Bonchev–Trinajstić information content (AvgIpc) is 2.26. The van der Waals surface area contributed by atoms with Crippen LogP contribution in [0.15, 0.2) is 12.1 Å². The van der Waals surface area contributed by atoms with Crippen LogP contribution >= 0.6 is 0 Å². The van der Waals surface area contributed by atoms with Gasteiger partial charge in [0.05, 0.1) is 24.7 Å². The second-order valence-electron chi connectivity index (χ2n) is 3.48. The van der Waals surface area contributed by atoms with Crippen molar-refractivity contribution in [1.29, 1.82) is 5.26 Å². The summed E-state index contributed by atoms with van der Waals surface area (Å²) in [5.41, 5.74) is 2.36. The number of carbonyl (C=O) groups is 1. The number of nitriles is 1. The van der Waals surface area contributed by atoms with Crippen LogP contribution in [0.2, 0.25) is 0 Å². The number of aliphatic carboxylic acids is 1. The predicted octanol–water partition coefficient (Wildman–Crippen LogP) is 1.24. The standard InChI is InChI=1S/C12H13NO3/c1-2-9-3-8(5-12(15)16)4-10(7-14)11(9)6-13/h3-4,14H,2,5,7H2,1H3,(H,15,16). The van der Waals surface area contributed by atoms with E-state index < -0.39 is 5.97 Å². The molecule has 1 aromatic carbocycles. The molecule has 1 rings (SSSR count). The van der Waals surface area contributed by atoms with Gasteiger partial charge in [-0.2, -0.15) is 5.26 Å². The van der Waals surface area contributed by atoms with Crippen molar-refractivity contribution in [2.45, 2.75) is 26.4 Å². The van der Waals surface area contributed by atoms with Crippen LogP contribution in [0.25, 0.3) is 0 Å². The maximum Gasteiger partial charge on any atom is 0.307 e. The van der Waals surface area contributed by atoms with Gasteiger partial charge in [-0.15, -0.1) is 0 Å². The van der Waals surface area contributed by atoms with Gasteiger partial charge in [0.1, 0.15) is 0 Å². The number of nitrogens with zero attached hydrogens (tertiary/aromatic N) is 1. The number of rotatable bonds is 4. The van der Waals surface area contributed by atoms with Crippen molar-refractivity contribution in [2.24, 2.45) is 0 Å². The molecule has 0 aromatic heterocycles. The third-order valence-corrected chi connectivity index (χ3v) is 2.38. The molecule has 84 valence electrons. The second-order valence-corrected chi connectivity index (χ2v) is 3.48. The molecule has 4 nitrogen and oxygen atoms in total. The van der Waals surface area contributed by atoms with Gasteiger partial charge in [-0.25, -0.2) is 0 Å². The lowest BCUT2D eigenvalue weighted by Crippen LogP contribution is -2.04. The summed E-state index contributed by atoms with van der Waals surface area (Å²) in [6.45, 7) is 1.64. The highest BCUT2D eigenvalue weighted by Crippen LogP contribution is 2.18. The first-order valence-electron chi connectivity index (χ1n) is 4.99. The first-order valence-corrected chi connectivity index (χ1v) is 4.99. The smallest absolute Gasteiger partial charge is 0.307 e. The van der Waals surface area contributed by atoms with Crippen LogP contribution in [0.4, 0.5) is 0 Å². The third kappa shape index (κ3) is 2.59. The highest BCUT2D eigenvalue weighted by molar-refractivity contribution is 5.70. The van der Waals surface area contributed by atoms with Crippen LogP contribution in [-0.4, -0.2) is 16.2 Å². The Morgan fingerprint density at radius 2 is 2.06 bits per heavy atom. The van der Waals surface area contributed by atoms with Crippen molar-refractivity contribution in [2.75, 3.05) is 0 Å². The van der Waals surface area contributed by atoms with Gasteiger partial charge in [-0.05, 0) is 23.1 Å². The molecule has 0 bridgehead atoms. The first-order chi connectivity index (χ1) is 7.62. The Bertz CT molecular complexity index is 421. The van der Waals surface area contributed by atoms with Gasteiger partial charge >= 0.3 is 5.97 Å². The quantitative estimate of drug-likeness (QED) is 0.798. The molecule has 0 saturated carbocycles. The Labute approximate surface area is 93.8 Å². The second kappa shape index (κ2) is 5.29. The molecule has 0 aliphatic carbocycles. The zero-order valence-electron chi connectivity index (χ0n) is 9.03. The van der Waals surface area contributed by atoms with Crippen molar-refractivity contribution in [1.82, 2.24) is 0 Å². The first kappa shape index (κ1) is 12.2. The van der Waals surface area contributed by atoms with E-state index in [1.54, 1.807) is 12.1 Å². The molecule has 0 aliphatic heterocycles. The normalized spacial score (nSPS) is 9.81. The number of hydrogen-bond acceptors (Lipinski definition) is 3. The Kier molecular flexibility index (Phi) is 4.03. The minimum atomic E-state index is -0.921. The van der Waals surface area contributed by atoms with Crippen molar-refractivity contribution >= 4 is 5.97 Å². The fraction of sp³-hybridized carbons (Fsp3) is 0.333. The van der Waals surface area contributed by atoms with Gasteiger partial charge in [0.25, 0.3) is 0 Å². The highest BCUT2D eigenvalue weighted by atomic mass is 16.4. The lowest BCUT2D eigenvalue weighted by molar-refractivity contribution is -0.136. The molecular weight excluding hydrogens is 206 g/mol. The topological polar surface area (TPSA) is 81.3 Å². The SMILES string of the molecule is CCc1cc(CC(=O)O)cc(CO)c1C#N. The minimum Gasteiger partial charge on any atom is -0.481 e. The number of carboxylic acids is 1. The zero-order valence-corrected chi connectivity index (χ0v) is 9.03. The fourth-order valence-electron chi connectivity index (χ4n) is 1.66. The molecule has 0 fully saturated rings. The van der Waals surface area contributed by atoms with Crippen molar-refractivity contribution in [3.8, 4) is 6.07 Å². The van der Waals surface area contributed by atoms with Crippen molar-refractivity contribution in [3.63, 3.8) is 0 Å². The van der Waals surface area contributed by atoms with Gasteiger partial charge in [0.2, 0.25) is 0 Å². The summed E-state index contributed by atoms with van der Waals surface area (Å²) < 4.78 is 0. The summed E-state index contributed by atoms with van der Waals surface area (Å²) in [6, 6.07) is 5.33. The molecule has 0 amide bonds. The van der Waals surface area contributed by atoms with Gasteiger partial charge in [-0.1, -0.05) is 19.1 Å². The van der Waals surface area contributed by atoms with Crippen LogP contribution in [0.5, 0.6) is 0 Å². The molecule has 0 aliphatic rings. The molecule has 0 atom stereocenters. The number of benzene rings is 1. The van der Waals surface area contributed by atoms with Crippen molar-refractivity contribution in [3.05, 3.63) is 34.4 Å². The van der Waals surface area contributed by atoms with Crippen LogP contribution in [0.1, 0.15) is 29.2 Å². The molecule has 16 heavy (non-hydrogen) atoms. The van der Waals surface area contributed by atoms with Crippen LogP contribution in [-0.2, 0) is 24.2 Å². The average molecular weight is 219 g/mol. The van der Waals surface area contributed by atoms with E-state index in [0.29, 0.717) is 23.1 Å². The van der Waals surface area contributed by atoms with E-state index in [1.807, 2.05) is 13.0 Å². The Balaban J connectivity index is 3.27. The monoisotopic (exact) mass is 219 g/mol. The van der Waals surface area contributed by atoms with Gasteiger partial charge in [-0.3, -0.25) is 4.79 Å². The molecular formula is C12H13NO3. The van der Waals surface area contributed by atoms with E-state index in [0.717, 1.165) is 5.56 Å².